The maximum atomic E-state index is 11.7. The molecule has 6 nitrogen and oxygen atoms in total. The van der Waals surface area contributed by atoms with Crippen LogP contribution in [0.4, 0.5) is 0 Å². The molecule has 0 fully saturated rings. The number of hydrogen-bond donors (Lipinski definition) is 1. The second-order valence-electron chi connectivity index (χ2n) is 4.41. The van der Waals surface area contributed by atoms with E-state index in [4.69, 9.17) is 4.74 Å². The van der Waals surface area contributed by atoms with E-state index in [0.717, 1.165) is 0 Å². The van der Waals surface area contributed by atoms with Gasteiger partial charge in [0.1, 0.15) is 0 Å². The largest absolute Gasteiger partial charge is 0.463 e. The first-order chi connectivity index (χ1) is 8.90. The molecule has 1 aromatic heterocycles. The molecule has 0 spiro atoms. The second-order valence-corrected chi connectivity index (χ2v) is 4.41. The van der Waals surface area contributed by atoms with Gasteiger partial charge in [-0.1, -0.05) is 0 Å². The van der Waals surface area contributed by atoms with Crippen molar-refractivity contribution >= 4 is 11.9 Å². The summed E-state index contributed by atoms with van der Waals surface area (Å²) in [5.74, 6) is -0.741. The Morgan fingerprint density at radius 3 is 2.68 bits per heavy atom. The molecule has 0 aromatic carbocycles. The highest BCUT2D eigenvalue weighted by Gasteiger charge is 2.09. The molecule has 0 aliphatic rings. The van der Waals surface area contributed by atoms with Crippen LogP contribution in [0, 0.1) is 0 Å². The molecular weight excluding hydrogens is 248 g/mol. The topological polar surface area (TPSA) is 77.4 Å². The maximum Gasteiger partial charge on any atom is 0.307 e. The van der Waals surface area contributed by atoms with Crippen molar-refractivity contribution < 1.29 is 14.3 Å². The Bertz CT molecular complexity index is 520. The first-order valence-electron chi connectivity index (χ1n) is 6.04. The van der Waals surface area contributed by atoms with Crippen LogP contribution in [0.25, 0.3) is 0 Å². The van der Waals surface area contributed by atoms with Crippen molar-refractivity contribution in [2.75, 3.05) is 6.54 Å². The Kier molecular flexibility index (Phi) is 5.29. The summed E-state index contributed by atoms with van der Waals surface area (Å²) >= 11 is 0. The number of aryl methyl sites for hydroxylation is 1. The summed E-state index contributed by atoms with van der Waals surface area (Å²) in [4.78, 5) is 34.3. The van der Waals surface area contributed by atoms with Crippen LogP contribution in [0.1, 0.15) is 30.6 Å². The van der Waals surface area contributed by atoms with Crippen molar-refractivity contribution in [1.82, 2.24) is 9.88 Å². The second kappa shape index (κ2) is 6.72. The van der Waals surface area contributed by atoms with Crippen molar-refractivity contribution in [1.29, 1.82) is 0 Å². The van der Waals surface area contributed by atoms with Gasteiger partial charge in [0.05, 0.1) is 12.5 Å². The fourth-order valence-electron chi connectivity index (χ4n) is 1.39. The van der Waals surface area contributed by atoms with E-state index in [2.05, 4.69) is 5.32 Å². The van der Waals surface area contributed by atoms with Crippen molar-refractivity contribution in [2.45, 2.75) is 26.4 Å². The van der Waals surface area contributed by atoms with Crippen LogP contribution in [-0.4, -0.2) is 29.1 Å². The van der Waals surface area contributed by atoms with Gasteiger partial charge in [0.25, 0.3) is 11.5 Å². The molecule has 104 valence electrons. The van der Waals surface area contributed by atoms with Gasteiger partial charge < -0.3 is 14.6 Å². The van der Waals surface area contributed by atoms with Crippen LogP contribution in [-0.2, 0) is 16.6 Å². The number of carbonyl (C=O) groups is 2. The number of ether oxygens (including phenoxy) is 1. The van der Waals surface area contributed by atoms with Gasteiger partial charge in [-0.15, -0.1) is 0 Å². The molecule has 0 bridgehead atoms. The van der Waals surface area contributed by atoms with Crippen molar-refractivity contribution in [3.63, 3.8) is 0 Å². The van der Waals surface area contributed by atoms with Gasteiger partial charge in [-0.3, -0.25) is 14.4 Å². The van der Waals surface area contributed by atoms with E-state index in [0.29, 0.717) is 0 Å². The van der Waals surface area contributed by atoms with Crippen LogP contribution >= 0.6 is 0 Å². The fraction of sp³-hybridized carbons (Fsp3) is 0.462. The van der Waals surface area contributed by atoms with Crippen molar-refractivity contribution in [2.24, 2.45) is 7.05 Å². The monoisotopic (exact) mass is 266 g/mol. The van der Waals surface area contributed by atoms with Crippen molar-refractivity contribution in [3.05, 3.63) is 34.2 Å². The van der Waals surface area contributed by atoms with Crippen LogP contribution in [0.2, 0.25) is 0 Å². The summed E-state index contributed by atoms with van der Waals surface area (Å²) in [7, 11) is 1.60. The molecule has 1 N–H and O–H groups in total. The minimum atomic E-state index is -0.380. The molecule has 1 heterocycles. The molecular formula is C13H18N2O4. The molecule has 1 aromatic rings. The first-order valence-corrected chi connectivity index (χ1v) is 6.04. The molecule has 0 aliphatic heterocycles. The number of aromatic nitrogens is 1. The molecule has 0 atom stereocenters. The summed E-state index contributed by atoms with van der Waals surface area (Å²) in [6.07, 6.45) is 1.46. The van der Waals surface area contributed by atoms with E-state index in [1.54, 1.807) is 27.0 Å². The van der Waals surface area contributed by atoms with Crippen LogP contribution < -0.4 is 10.9 Å². The predicted molar refractivity (Wildman–Crippen MR) is 69.9 cm³/mol. The number of nitrogens with zero attached hydrogens (tertiary/aromatic N) is 1. The van der Waals surface area contributed by atoms with Gasteiger partial charge in [0, 0.05) is 31.4 Å². The molecule has 0 saturated carbocycles. The minimum absolute atomic E-state index is 0.106. The fourth-order valence-corrected chi connectivity index (χ4v) is 1.39. The first kappa shape index (κ1) is 14.9. The van der Waals surface area contributed by atoms with Gasteiger partial charge in [-0.25, -0.2) is 0 Å². The summed E-state index contributed by atoms with van der Waals surface area (Å²) in [5, 5.41) is 2.56. The lowest BCUT2D eigenvalue weighted by atomic mass is 10.2. The van der Waals surface area contributed by atoms with Gasteiger partial charge in [0.15, 0.2) is 0 Å². The van der Waals surface area contributed by atoms with Gasteiger partial charge in [-0.2, -0.15) is 0 Å². The highest BCUT2D eigenvalue weighted by Crippen LogP contribution is 1.95. The Labute approximate surface area is 111 Å². The zero-order valence-electron chi connectivity index (χ0n) is 11.3. The van der Waals surface area contributed by atoms with Crippen molar-refractivity contribution in [3.8, 4) is 0 Å². The van der Waals surface area contributed by atoms with Gasteiger partial charge in [0.2, 0.25) is 0 Å². The number of nitrogens with one attached hydrogen (secondary N) is 1. The molecule has 0 aliphatic carbocycles. The lowest BCUT2D eigenvalue weighted by Gasteiger charge is -2.08. The third-order valence-corrected chi connectivity index (χ3v) is 2.35. The Balaban J connectivity index is 2.45. The van der Waals surface area contributed by atoms with E-state index in [1.165, 1.54) is 16.8 Å². The third-order valence-electron chi connectivity index (χ3n) is 2.35. The average Bonchev–Trinajstić information content (AvgIpc) is 2.31. The number of amides is 1. The highest BCUT2D eigenvalue weighted by atomic mass is 16.5. The zero-order valence-corrected chi connectivity index (χ0v) is 11.3. The van der Waals surface area contributed by atoms with E-state index in [1.807, 2.05) is 0 Å². The number of hydrogen-bond acceptors (Lipinski definition) is 4. The Hall–Kier alpha value is -2.11. The van der Waals surface area contributed by atoms with Gasteiger partial charge in [-0.05, 0) is 19.9 Å². The molecule has 0 saturated heterocycles. The predicted octanol–water partition coefficient (Wildman–Crippen LogP) is 0.457. The average molecular weight is 266 g/mol. The normalized spacial score (nSPS) is 10.3. The zero-order chi connectivity index (χ0) is 14.4. The van der Waals surface area contributed by atoms with E-state index >= 15 is 0 Å². The third kappa shape index (κ3) is 4.95. The van der Waals surface area contributed by atoms with E-state index < -0.39 is 0 Å². The lowest BCUT2D eigenvalue weighted by molar-refractivity contribution is -0.147. The lowest BCUT2D eigenvalue weighted by Crippen LogP contribution is -2.28. The standard InChI is InChI=1S/C13H18N2O4/c1-9(2)19-12(17)4-6-14-13(18)10-5-7-15(3)11(16)8-10/h5,7-9H,4,6H2,1-3H3,(H,14,18). The molecule has 19 heavy (non-hydrogen) atoms. The number of rotatable bonds is 5. The molecule has 1 amide bonds. The molecule has 0 unspecified atom stereocenters. The Morgan fingerprint density at radius 2 is 2.11 bits per heavy atom. The minimum Gasteiger partial charge on any atom is -0.463 e. The van der Waals surface area contributed by atoms with E-state index in [-0.39, 0.29) is 42.1 Å². The number of pyridine rings is 1. The van der Waals surface area contributed by atoms with Crippen LogP contribution in [0.15, 0.2) is 23.1 Å². The summed E-state index contributed by atoms with van der Waals surface area (Å²) in [5.41, 5.74) is 0.0206. The number of carbonyl (C=O) groups excluding carboxylic acids is 2. The van der Waals surface area contributed by atoms with Gasteiger partial charge >= 0.3 is 5.97 Å². The molecule has 0 radical (unpaired) electrons. The van der Waals surface area contributed by atoms with Crippen LogP contribution in [0.5, 0.6) is 0 Å². The van der Waals surface area contributed by atoms with Crippen LogP contribution in [0.3, 0.4) is 0 Å². The quantitative estimate of drug-likeness (QED) is 0.785. The summed E-state index contributed by atoms with van der Waals surface area (Å²) in [6, 6.07) is 2.80. The SMILES string of the molecule is CC(C)OC(=O)CCNC(=O)c1ccn(C)c(=O)c1. The highest BCUT2D eigenvalue weighted by molar-refractivity contribution is 5.94. The Morgan fingerprint density at radius 1 is 1.42 bits per heavy atom. The molecule has 1 rings (SSSR count). The number of esters is 1. The van der Waals surface area contributed by atoms with E-state index in [9.17, 15) is 14.4 Å². The summed E-state index contributed by atoms with van der Waals surface area (Å²) < 4.78 is 6.30. The smallest absolute Gasteiger partial charge is 0.307 e. The summed E-state index contributed by atoms with van der Waals surface area (Å²) in [6.45, 7) is 3.70. The maximum absolute atomic E-state index is 11.7. The molecule has 6 heteroatoms.